The Morgan fingerprint density at radius 1 is 1.21 bits per heavy atom. The number of nitro benzene ring substituents is 1. The van der Waals surface area contributed by atoms with Crippen molar-refractivity contribution >= 4 is 55.8 Å². The van der Waals surface area contributed by atoms with Gasteiger partial charge in [-0.15, -0.1) is 0 Å². The van der Waals surface area contributed by atoms with E-state index in [2.05, 4.69) is 0 Å². The quantitative estimate of drug-likeness (QED) is 0.263. The molecular formula is C21H19ClN2O8S. The average molecular weight is 495 g/mol. The van der Waals surface area contributed by atoms with E-state index < -0.39 is 37.4 Å². The molecule has 0 saturated carbocycles. The highest BCUT2D eigenvalue weighted by molar-refractivity contribution is 7.93. The smallest absolute Gasteiger partial charge is 0.342 e. The summed E-state index contributed by atoms with van der Waals surface area (Å²) < 4.78 is 37.8. The first-order valence-electron chi connectivity index (χ1n) is 9.66. The number of nitrogens with zero attached hydrogens (tertiary/aromatic N) is 2. The lowest BCUT2D eigenvalue weighted by Crippen LogP contribution is -2.36. The molecule has 0 bridgehead atoms. The number of hydrogen-bond donors (Lipinski definition) is 0. The fourth-order valence-corrected chi connectivity index (χ4v) is 4.97. The molecule has 1 amide bonds. The molecule has 1 heterocycles. The lowest BCUT2D eigenvalue weighted by Gasteiger charge is -2.22. The number of carbonyl (C=O) groups excluding carboxylic acids is 2. The molecule has 33 heavy (non-hydrogen) atoms. The Hall–Kier alpha value is -3.44. The summed E-state index contributed by atoms with van der Waals surface area (Å²) in [6.07, 6.45) is 0.243. The lowest BCUT2D eigenvalue weighted by molar-refractivity contribution is -0.384. The Labute approximate surface area is 193 Å². The van der Waals surface area contributed by atoms with Crippen molar-refractivity contribution in [3.05, 3.63) is 62.9 Å². The molecule has 0 fully saturated rings. The van der Waals surface area contributed by atoms with Crippen molar-refractivity contribution in [3.63, 3.8) is 0 Å². The molecule has 0 unspecified atom stereocenters. The highest BCUT2D eigenvalue weighted by atomic mass is 35.5. The third-order valence-corrected chi connectivity index (χ3v) is 6.88. The largest absolute Gasteiger partial charge is 0.465 e. The predicted molar refractivity (Wildman–Crippen MR) is 120 cm³/mol. The minimum atomic E-state index is -4.57. The molecule has 0 aliphatic rings. The lowest BCUT2D eigenvalue weighted by atomic mass is 10.1. The van der Waals surface area contributed by atoms with Gasteiger partial charge in [-0.25, -0.2) is 17.5 Å². The monoisotopic (exact) mass is 494 g/mol. The maximum absolute atomic E-state index is 13.5. The number of aryl methyl sites for hydroxylation is 1. The molecule has 3 rings (SSSR count). The second-order valence-electron chi connectivity index (χ2n) is 6.99. The molecule has 0 N–H and O–H groups in total. The number of halogens is 1. The first-order valence-corrected chi connectivity index (χ1v) is 11.5. The average Bonchev–Trinajstić information content (AvgIpc) is 3.08. The number of nitro groups is 1. The van der Waals surface area contributed by atoms with Gasteiger partial charge < -0.3 is 9.15 Å². The van der Waals surface area contributed by atoms with Gasteiger partial charge in [0.2, 0.25) is 5.91 Å². The Balaban J connectivity index is 2.25. The second kappa shape index (κ2) is 9.20. The van der Waals surface area contributed by atoms with Crippen LogP contribution in [0.15, 0.2) is 45.7 Å². The van der Waals surface area contributed by atoms with Crippen LogP contribution in [-0.4, -0.2) is 32.3 Å². The van der Waals surface area contributed by atoms with E-state index >= 15 is 0 Å². The van der Waals surface area contributed by atoms with Crippen molar-refractivity contribution in [2.45, 2.75) is 31.6 Å². The summed E-state index contributed by atoms with van der Waals surface area (Å²) in [6, 6.07) is 7.06. The summed E-state index contributed by atoms with van der Waals surface area (Å²) >= 11 is 5.81. The molecule has 0 atom stereocenters. The van der Waals surface area contributed by atoms with Crippen LogP contribution >= 0.6 is 11.6 Å². The van der Waals surface area contributed by atoms with Crippen LogP contribution in [0.3, 0.4) is 0 Å². The highest BCUT2D eigenvalue weighted by Gasteiger charge is 2.33. The molecule has 0 aliphatic heterocycles. The minimum absolute atomic E-state index is 0.0653. The molecular weight excluding hydrogens is 476 g/mol. The fourth-order valence-electron chi connectivity index (χ4n) is 3.32. The molecule has 0 radical (unpaired) electrons. The van der Waals surface area contributed by atoms with Gasteiger partial charge in [0.05, 0.1) is 22.6 Å². The standard InChI is InChI=1S/C21H19ClN2O8S/c1-4-5-19(25)23(33(29,30)14-7-8-16(22)17(11-14)24(27)28)13-6-9-18-15(10-13)20(12(2)32-18)21(26)31-3/h6-11H,4-5H2,1-3H3. The first-order chi connectivity index (χ1) is 15.5. The molecule has 2 aromatic carbocycles. The van der Waals surface area contributed by atoms with Gasteiger partial charge in [-0.3, -0.25) is 14.9 Å². The van der Waals surface area contributed by atoms with Gasteiger partial charge in [-0.05, 0) is 43.7 Å². The zero-order valence-electron chi connectivity index (χ0n) is 17.8. The molecule has 1 aromatic heterocycles. The molecule has 174 valence electrons. The van der Waals surface area contributed by atoms with Gasteiger partial charge in [-0.2, -0.15) is 0 Å². The van der Waals surface area contributed by atoms with Crippen LogP contribution < -0.4 is 4.31 Å². The number of carbonyl (C=O) groups is 2. The van der Waals surface area contributed by atoms with E-state index in [0.717, 1.165) is 18.2 Å². The van der Waals surface area contributed by atoms with Crippen LogP contribution in [0.5, 0.6) is 0 Å². The van der Waals surface area contributed by atoms with E-state index in [1.165, 1.54) is 25.3 Å². The van der Waals surface area contributed by atoms with Gasteiger partial charge in [-0.1, -0.05) is 18.5 Å². The third-order valence-electron chi connectivity index (χ3n) is 4.81. The zero-order valence-corrected chi connectivity index (χ0v) is 19.4. The number of fused-ring (bicyclic) bond motifs is 1. The number of rotatable bonds is 7. The van der Waals surface area contributed by atoms with E-state index in [1.54, 1.807) is 13.8 Å². The summed E-state index contributed by atoms with van der Waals surface area (Å²) in [5, 5.41) is 11.3. The molecule has 0 saturated heterocycles. The Kier molecular flexibility index (Phi) is 6.75. The minimum Gasteiger partial charge on any atom is -0.465 e. The van der Waals surface area contributed by atoms with Crippen LogP contribution in [0.1, 0.15) is 35.9 Å². The predicted octanol–water partition coefficient (Wildman–Crippen LogP) is 4.61. The molecule has 3 aromatic rings. The number of benzene rings is 2. The molecule has 0 aliphatic carbocycles. The zero-order chi connectivity index (χ0) is 24.5. The van der Waals surface area contributed by atoms with Crippen molar-refractivity contribution in [1.29, 1.82) is 0 Å². The normalized spacial score (nSPS) is 11.4. The maximum Gasteiger partial charge on any atom is 0.342 e. The van der Waals surface area contributed by atoms with Crippen molar-refractivity contribution in [3.8, 4) is 0 Å². The van der Waals surface area contributed by atoms with Crippen LogP contribution in [0.25, 0.3) is 11.0 Å². The summed E-state index contributed by atoms with van der Waals surface area (Å²) in [5.41, 5.74) is -0.296. The Morgan fingerprint density at radius 3 is 2.52 bits per heavy atom. The number of hydrogen-bond acceptors (Lipinski definition) is 8. The third kappa shape index (κ3) is 4.41. The van der Waals surface area contributed by atoms with Crippen molar-refractivity contribution in [1.82, 2.24) is 0 Å². The summed E-state index contributed by atoms with van der Waals surface area (Å²) in [4.78, 5) is 35.1. The van der Waals surface area contributed by atoms with Gasteiger partial charge in [0, 0.05) is 17.9 Å². The number of ether oxygens (including phenoxy) is 1. The first kappa shape index (κ1) is 24.2. The number of furan rings is 1. The van der Waals surface area contributed by atoms with Crippen LogP contribution in [-0.2, 0) is 19.6 Å². The number of sulfonamides is 1. The molecule has 12 heteroatoms. The highest BCUT2D eigenvalue weighted by Crippen LogP contribution is 2.34. The van der Waals surface area contributed by atoms with Gasteiger partial charge >= 0.3 is 5.97 Å². The number of esters is 1. The SMILES string of the molecule is CCCC(=O)N(c1ccc2oc(C)c(C(=O)OC)c2c1)S(=O)(=O)c1ccc(Cl)c([N+](=O)[O-])c1. The fraction of sp³-hybridized carbons (Fsp3) is 0.238. The van der Waals surface area contributed by atoms with E-state index in [0.29, 0.717) is 16.3 Å². The second-order valence-corrected chi connectivity index (χ2v) is 9.18. The maximum atomic E-state index is 13.5. The van der Waals surface area contributed by atoms with Crippen LogP contribution in [0, 0.1) is 17.0 Å². The van der Waals surface area contributed by atoms with E-state index in [9.17, 15) is 28.1 Å². The summed E-state index contributed by atoms with van der Waals surface area (Å²) in [7, 11) is -3.38. The van der Waals surface area contributed by atoms with Crippen molar-refractivity contribution in [2.75, 3.05) is 11.4 Å². The van der Waals surface area contributed by atoms with Crippen LogP contribution in [0.4, 0.5) is 11.4 Å². The number of methoxy groups -OCH3 is 1. The number of anilines is 1. The number of amides is 1. The summed E-state index contributed by atoms with van der Waals surface area (Å²) in [6.45, 7) is 3.25. The molecule has 10 nitrogen and oxygen atoms in total. The van der Waals surface area contributed by atoms with E-state index in [-0.39, 0.29) is 33.8 Å². The Bertz CT molecular complexity index is 1380. The van der Waals surface area contributed by atoms with Crippen molar-refractivity contribution < 1.29 is 32.1 Å². The van der Waals surface area contributed by atoms with Gasteiger partial charge in [0.1, 0.15) is 21.9 Å². The topological polar surface area (TPSA) is 137 Å². The van der Waals surface area contributed by atoms with E-state index in [1.807, 2.05) is 0 Å². The van der Waals surface area contributed by atoms with Crippen molar-refractivity contribution in [2.24, 2.45) is 0 Å². The van der Waals surface area contributed by atoms with Gasteiger partial charge in [0.25, 0.3) is 15.7 Å². The van der Waals surface area contributed by atoms with Gasteiger partial charge in [0.15, 0.2) is 0 Å². The van der Waals surface area contributed by atoms with Crippen LogP contribution in [0.2, 0.25) is 5.02 Å². The summed E-state index contributed by atoms with van der Waals surface area (Å²) in [5.74, 6) is -1.18. The Morgan fingerprint density at radius 2 is 1.91 bits per heavy atom. The van der Waals surface area contributed by atoms with E-state index in [4.69, 9.17) is 20.8 Å². The molecule has 0 spiro atoms.